The van der Waals surface area contributed by atoms with Crippen LogP contribution in [0.4, 0.5) is 5.69 Å². The zero-order chi connectivity index (χ0) is 14.5. The maximum Gasteiger partial charge on any atom is 0.325 e. The molecule has 0 spiro atoms. The van der Waals surface area contributed by atoms with Gasteiger partial charge in [0.05, 0.1) is 12.8 Å². The second kappa shape index (κ2) is 5.87. The molecular weight excluding hydrogens is 260 g/mol. The van der Waals surface area contributed by atoms with Crippen molar-refractivity contribution >= 4 is 17.6 Å². The molecule has 104 valence electrons. The number of nitrogens with two attached hydrogens (primary N) is 1. The summed E-state index contributed by atoms with van der Waals surface area (Å²) < 4.78 is 5.96. The Morgan fingerprint density at radius 2 is 2.20 bits per heavy atom. The lowest BCUT2D eigenvalue weighted by Gasteiger charge is -2.03. The van der Waals surface area contributed by atoms with Crippen molar-refractivity contribution in [2.24, 2.45) is 0 Å². The van der Waals surface area contributed by atoms with Crippen LogP contribution in [-0.2, 0) is 9.53 Å². The van der Waals surface area contributed by atoms with Crippen molar-refractivity contribution in [1.82, 2.24) is 15.1 Å². The molecule has 1 aromatic heterocycles. The zero-order valence-electron chi connectivity index (χ0n) is 10.9. The number of esters is 1. The lowest BCUT2D eigenvalue weighted by molar-refractivity contribution is -0.139. The summed E-state index contributed by atoms with van der Waals surface area (Å²) >= 11 is 0. The minimum atomic E-state index is -0.520. The molecule has 7 nitrogen and oxygen atoms in total. The van der Waals surface area contributed by atoms with Crippen molar-refractivity contribution in [3.8, 4) is 5.69 Å². The second-order valence-corrected chi connectivity index (χ2v) is 4.00. The third-order valence-corrected chi connectivity index (χ3v) is 2.58. The smallest absolute Gasteiger partial charge is 0.325 e. The number of aromatic nitrogens is 2. The first-order valence-electron chi connectivity index (χ1n) is 5.87. The topological polar surface area (TPSA) is 99.2 Å². The highest BCUT2D eigenvalue weighted by molar-refractivity contribution is 5.94. The number of hydrogen-bond donors (Lipinski definition) is 2. The highest BCUT2D eigenvalue weighted by atomic mass is 16.5. The van der Waals surface area contributed by atoms with Crippen LogP contribution in [0, 0.1) is 0 Å². The lowest BCUT2D eigenvalue weighted by atomic mass is 10.3. The Labute approximate surface area is 115 Å². The number of nitrogens with one attached hydrogen (secondary N) is 1. The molecule has 0 atom stereocenters. The molecule has 0 saturated carbocycles. The molecule has 0 bridgehead atoms. The molecule has 1 amide bonds. The molecule has 0 saturated heterocycles. The average Bonchev–Trinajstić information content (AvgIpc) is 2.94. The van der Waals surface area contributed by atoms with E-state index in [1.54, 1.807) is 30.5 Å². The molecule has 2 rings (SSSR count). The van der Waals surface area contributed by atoms with Gasteiger partial charge in [-0.25, -0.2) is 4.68 Å². The van der Waals surface area contributed by atoms with Gasteiger partial charge in [0.25, 0.3) is 5.91 Å². The number of hydrogen-bond acceptors (Lipinski definition) is 5. The lowest BCUT2D eigenvalue weighted by Crippen LogP contribution is -2.30. The van der Waals surface area contributed by atoms with Crippen LogP contribution in [0.3, 0.4) is 0 Å². The summed E-state index contributed by atoms with van der Waals surface area (Å²) in [5.41, 5.74) is 7.25. The first-order chi connectivity index (χ1) is 9.60. The molecule has 7 heteroatoms. The summed E-state index contributed by atoms with van der Waals surface area (Å²) in [5.74, 6) is -0.966. The van der Waals surface area contributed by atoms with Crippen LogP contribution < -0.4 is 11.1 Å². The van der Waals surface area contributed by atoms with Crippen LogP contribution in [0.15, 0.2) is 36.5 Å². The van der Waals surface area contributed by atoms with E-state index >= 15 is 0 Å². The quantitative estimate of drug-likeness (QED) is 0.619. The van der Waals surface area contributed by atoms with E-state index in [9.17, 15) is 9.59 Å². The van der Waals surface area contributed by atoms with Crippen LogP contribution in [0.1, 0.15) is 10.5 Å². The number of carbonyl (C=O) groups is 2. The van der Waals surface area contributed by atoms with E-state index in [0.717, 1.165) is 5.69 Å². The van der Waals surface area contributed by atoms with Gasteiger partial charge in [0.15, 0.2) is 5.69 Å². The summed E-state index contributed by atoms with van der Waals surface area (Å²) in [6.45, 7) is -0.194. The first kappa shape index (κ1) is 13.6. The highest BCUT2D eigenvalue weighted by Gasteiger charge is 2.11. The van der Waals surface area contributed by atoms with Crippen LogP contribution in [0.2, 0.25) is 0 Å². The SMILES string of the molecule is COC(=O)CNC(=O)c1ccn(-c2cccc(N)c2)n1. The van der Waals surface area contributed by atoms with Gasteiger partial charge in [-0.2, -0.15) is 5.10 Å². The number of rotatable bonds is 4. The van der Waals surface area contributed by atoms with Gasteiger partial charge < -0.3 is 15.8 Å². The van der Waals surface area contributed by atoms with Gasteiger partial charge in [-0.3, -0.25) is 9.59 Å². The number of ether oxygens (including phenoxy) is 1. The summed E-state index contributed by atoms with van der Waals surface area (Å²) in [6.07, 6.45) is 1.64. The predicted octanol–water partition coefficient (Wildman–Crippen LogP) is 0.357. The molecule has 1 heterocycles. The van der Waals surface area contributed by atoms with Gasteiger partial charge in [-0.1, -0.05) is 6.07 Å². The van der Waals surface area contributed by atoms with Crippen molar-refractivity contribution in [2.45, 2.75) is 0 Å². The Hall–Kier alpha value is -2.83. The standard InChI is InChI=1S/C13H14N4O3/c1-20-12(18)8-15-13(19)11-5-6-17(16-11)10-4-2-3-9(14)7-10/h2-7H,8,14H2,1H3,(H,15,19). The zero-order valence-corrected chi connectivity index (χ0v) is 10.9. The van der Waals surface area contributed by atoms with E-state index in [0.29, 0.717) is 5.69 Å². The second-order valence-electron chi connectivity index (χ2n) is 4.00. The van der Waals surface area contributed by atoms with E-state index < -0.39 is 11.9 Å². The minimum absolute atomic E-state index is 0.194. The normalized spacial score (nSPS) is 10.1. The molecular formula is C13H14N4O3. The first-order valence-corrected chi connectivity index (χ1v) is 5.87. The molecule has 20 heavy (non-hydrogen) atoms. The maximum absolute atomic E-state index is 11.8. The van der Waals surface area contributed by atoms with E-state index in [-0.39, 0.29) is 12.2 Å². The fourth-order valence-corrected chi connectivity index (χ4v) is 1.57. The maximum atomic E-state index is 11.8. The van der Waals surface area contributed by atoms with Crippen LogP contribution in [0.25, 0.3) is 5.69 Å². The monoisotopic (exact) mass is 274 g/mol. The third-order valence-electron chi connectivity index (χ3n) is 2.58. The van der Waals surface area contributed by atoms with Gasteiger partial charge in [-0.15, -0.1) is 0 Å². The molecule has 2 aromatic rings. The van der Waals surface area contributed by atoms with Crippen molar-refractivity contribution in [2.75, 3.05) is 19.4 Å². The third kappa shape index (κ3) is 3.14. The molecule has 0 aliphatic rings. The van der Waals surface area contributed by atoms with Crippen molar-refractivity contribution in [3.63, 3.8) is 0 Å². The fraction of sp³-hybridized carbons (Fsp3) is 0.154. The van der Waals surface area contributed by atoms with Gasteiger partial charge in [0.1, 0.15) is 6.54 Å². The summed E-state index contributed by atoms with van der Waals surface area (Å²) in [4.78, 5) is 22.7. The number of amides is 1. The fourth-order valence-electron chi connectivity index (χ4n) is 1.57. The Balaban J connectivity index is 2.09. The summed E-state index contributed by atoms with van der Waals surface area (Å²) in [6, 6.07) is 8.67. The number of methoxy groups -OCH3 is 1. The number of nitrogens with zero attached hydrogens (tertiary/aromatic N) is 2. The number of nitrogen functional groups attached to an aromatic ring is 1. The largest absolute Gasteiger partial charge is 0.468 e. The number of anilines is 1. The number of benzene rings is 1. The van der Waals surface area contributed by atoms with Crippen LogP contribution in [0.5, 0.6) is 0 Å². The van der Waals surface area contributed by atoms with Gasteiger partial charge in [-0.05, 0) is 24.3 Å². The van der Waals surface area contributed by atoms with Crippen molar-refractivity contribution < 1.29 is 14.3 Å². The van der Waals surface area contributed by atoms with E-state index in [1.165, 1.54) is 11.8 Å². The minimum Gasteiger partial charge on any atom is -0.468 e. The van der Waals surface area contributed by atoms with Gasteiger partial charge in [0, 0.05) is 11.9 Å². The molecule has 0 fully saturated rings. The molecule has 0 radical (unpaired) electrons. The highest BCUT2D eigenvalue weighted by Crippen LogP contribution is 2.11. The average molecular weight is 274 g/mol. The summed E-state index contributed by atoms with van der Waals surface area (Å²) in [5, 5.41) is 6.53. The van der Waals surface area contributed by atoms with Gasteiger partial charge >= 0.3 is 5.97 Å². The molecule has 3 N–H and O–H groups in total. The molecule has 1 aromatic carbocycles. The van der Waals surface area contributed by atoms with E-state index in [2.05, 4.69) is 15.2 Å². The Morgan fingerprint density at radius 1 is 1.40 bits per heavy atom. The Bertz CT molecular complexity index is 636. The molecule has 0 unspecified atom stereocenters. The van der Waals surface area contributed by atoms with Crippen molar-refractivity contribution in [1.29, 1.82) is 0 Å². The molecule has 0 aliphatic heterocycles. The molecule has 0 aliphatic carbocycles. The van der Waals surface area contributed by atoms with Crippen LogP contribution >= 0.6 is 0 Å². The summed E-state index contributed by atoms with van der Waals surface area (Å²) in [7, 11) is 1.25. The van der Waals surface area contributed by atoms with Crippen LogP contribution in [-0.4, -0.2) is 35.3 Å². The van der Waals surface area contributed by atoms with E-state index in [4.69, 9.17) is 5.73 Å². The predicted molar refractivity (Wildman–Crippen MR) is 72.3 cm³/mol. The number of carbonyl (C=O) groups excluding carboxylic acids is 2. The Morgan fingerprint density at radius 3 is 2.90 bits per heavy atom. The Kier molecular flexibility index (Phi) is 3.99. The van der Waals surface area contributed by atoms with Crippen molar-refractivity contribution in [3.05, 3.63) is 42.2 Å². The van der Waals surface area contributed by atoms with E-state index in [1.807, 2.05) is 6.07 Å². The van der Waals surface area contributed by atoms with Gasteiger partial charge in [0.2, 0.25) is 0 Å².